The molecule has 5 nitrogen and oxygen atoms in total. The van der Waals surface area contributed by atoms with Crippen LogP contribution in [0.15, 0.2) is 10.9 Å². The SMILES string of the molecule is CCC1C(=O)NC(C)(C)C(=O)N1CCc1cscn1. The second-order valence-electron chi connectivity index (χ2n) is 5.27. The summed E-state index contributed by atoms with van der Waals surface area (Å²) in [6.07, 6.45) is 1.32. The predicted octanol–water partition coefficient (Wildman–Crippen LogP) is 1.20. The minimum absolute atomic E-state index is 0.0193. The topological polar surface area (TPSA) is 62.3 Å². The molecule has 2 heterocycles. The molecule has 1 saturated heterocycles. The highest BCUT2D eigenvalue weighted by Crippen LogP contribution is 2.20. The lowest BCUT2D eigenvalue weighted by Gasteiger charge is -2.42. The van der Waals surface area contributed by atoms with Gasteiger partial charge in [-0.05, 0) is 20.3 Å². The summed E-state index contributed by atoms with van der Waals surface area (Å²) in [4.78, 5) is 30.4. The third-order valence-corrected chi connectivity index (χ3v) is 4.02. The molecule has 1 fully saturated rings. The number of nitrogens with zero attached hydrogens (tertiary/aromatic N) is 2. The van der Waals surface area contributed by atoms with E-state index in [-0.39, 0.29) is 17.9 Å². The molecule has 1 aliphatic rings. The van der Waals surface area contributed by atoms with Crippen LogP contribution in [-0.2, 0) is 16.0 Å². The number of aromatic nitrogens is 1. The minimum atomic E-state index is -0.815. The van der Waals surface area contributed by atoms with Gasteiger partial charge in [0.15, 0.2) is 0 Å². The van der Waals surface area contributed by atoms with Gasteiger partial charge in [-0.15, -0.1) is 11.3 Å². The van der Waals surface area contributed by atoms with Crippen molar-refractivity contribution in [1.82, 2.24) is 15.2 Å². The average Bonchev–Trinajstić information content (AvgIpc) is 2.84. The summed E-state index contributed by atoms with van der Waals surface area (Å²) in [6, 6.07) is -0.362. The Bertz CT molecular complexity index is 470. The highest BCUT2D eigenvalue weighted by atomic mass is 32.1. The van der Waals surface area contributed by atoms with Crippen LogP contribution in [0.2, 0.25) is 0 Å². The normalized spacial score (nSPS) is 22.5. The van der Waals surface area contributed by atoms with Gasteiger partial charge in [-0.3, -0.25) is 9.59 Å². The number of hydrogen-bond donors (Lipinski definition) is 1. The highest BCUT2D eigenvalue weighted by Gasteiger charge is 2.44. The lowest BCUT2D eigenvalue weighted by molar-refractivity contribution is -0.153. The zero-order valence-electron chi connectivity index (χ0n) is 11.5. The summed E-state index contributed by atoms with van der Waals surface area (Å²) >= 11 is 1.54. The molecular weight excluding hydrogens is 262 g/mol. The molecule has 6 heteroatoms. The monoisotopic (exact) mass is 281 g/mol. The second kappa shape index (κ2) is 5.28. The molecule has 2 amide bonds. The Labute approximate surface area is 117 Å². The van der Waals surface area contributed by atoms with E-state index in [0.717, 1.165) is 5.69 Å². The van der Waals surface area contributed by atoms with E-state index in [1.165, 1.54) is 0 Å². The van der Waals surface area contributed by atoms with Crippen molar-refractivity contribution < 1.29 is 9.59 Å². The summed E-state index contributed by atoms with van der Waals surface area (Å²) in [5, 5.41) is 4.76. The van der Waals surface area contributed by atoms with Crippen molar-refractivity contribution in [2.24, 2.45) is 0 Å². The minimum Gasteiger partial charge on any atom is -0.340 e. The molecule has 0 aromatic carbocycles. The second-order valence-corrected chi connectivity index (χ2v) is 5.99. The van der Waals surface area contributed by atoms with E-state index in [1.54, 1.807) is 35.6 Å². The molecule has 2 rings (SSSR count). The summed E-state index contributed by atoms with van der Waals surface area (Å²) in [5.41, 5.74) is 1.93. The lowest BCUT2D eigenvalue weighted by atomic mass is 9.95. The first-order valence-electron chi connectivity index (χ1n) is 6.46. The molecule has 1 aromatic heterocycles. The molecule has 1 N–H and O–H groups in total. The maximum atomic E-state index is 12.4. The van der Waals surface area contributed by atoms with Gasteiger partial charge in [-0.2, -0.15) is 0 Å². The zero-order chi connectivity index (χ0) is 14.0. The number of rotatable bonds is 4. The Kier molecular flexibility index (Phi) is 3.89. The van der Waals surface area contributed by atoms with Gasteiger partial charge in [0.2, 0.25) is 11.8 Å². The molecule has 19 heavy (non-hydrogen) atoms. The van der Waals surface area contributed by atoms with Gasteiger partial charge in [0.25, 0.3) is 0 Å². The third-order valence-electron chi connectivity index (χ3n) is 3.39. The Morgan fingerprint density at radius 3 is 2.79 bits per heavy atom. The van der Waals surface area contributed by atoms with Crippen molar-refractivity contribution >= 4 is 23.2 Å². The molecule has 0 aliphatic carbocycles. The van der Waals surface area contributed by atoms with E-state index in [2.05, 4.69) is 10.3 Å². The van der Waals surface area contributed by atoms with Gasteiger partial charge in [0.1, 0.15) is 11.6 Å². The van der Waals surface area contributed by atoms with Crippen LogP contribution >= 0.6 is 11.3 Å². The number of thiazole rings is 1. The molecule has 1 aromatic rings. The van der Waals surface area contributed by atoms with Crippen LogP contribution in [0.1, 0.15) is 32.9 Å². The molecule has 1 unspecified atom stereocenters. The van der Waals surface area contributed by atoms with Gasteiger partial charge in [-0.1, -0.05) is 6.92 Å². The number of hydrogen-bond acceptors (Lipinski definition) is 4. The van der Waals surface area contributed by atoms with Gasteiger partial charge < -0.3 is 10.2 Å². The number of piperazine rings is 1. The van der Waals surface area contributed by atoms with E-state index in [1.807, 2.05) is 12.3 Å². The van der Waals surface area contributed by atoms with E-state index < -0.39 is 5.54 Å². The quantitative estimate of drug-likeness (QED) is 0.902. The fraction of sp³-hybridized carbons (Fsp3) is 0.615. The highest BCUT2D eigenvalue weighted by molar-refractivity contribution is 7.07. The Morgan fingerprint density at radius 1 is 1.47 bits per heavy atom. The first kappa shape index (κ1) is 14.0. The maximum absolute atomic E-state index is 12.4. The van der Waals surface area contributed by atoms with Crippen LogP contribution in [0.3, 0.4) is 0 Å². The molecule has 0 saturated carbocycles. The van der Waals surface area contributed by atoms with Crippen molar-refractivity contribution in [2.45, 2.75) is 45.2 Å². The Balaban J connectivity index is 2.13. The number of amides is 2. The fourth-order valence-corrected chi connectivity index (χ4v) is 2.94. The summed E-state index contributed by atoms with van der Waals surface area (Å²) in [6.45, 7) is 5.95. The standard InChI is InChI=1S/C13H19N3O2S/c1-4-10-11(17)15-13(2,3)12(18)16(10)6-5-9-7-19-8-14-9/h7-8,10H,4-6H2,1-3H3,(H,15,17). The molecule has 0 radical (unpaired) electrons. The first-order chi connectivity index (χ1) is 8.95. The van der Waals surface area contributed by atoms with Crippen molar-refractivity contribution in [2.75, 3.05) is 6.54 Å². The van der Waals surface area contributed by atoms with Crippen LogP contribution in [0.4, 0.5) is 0 Å². The molecule has 0 spiro atoms. The molecule has 1 atom stereocenters. The van der Waals surface area contributed by atoms with Gasteiger partial charge >= 0.3 is 0 Å². The molecule has 0 bridgehead atoms. The molecule has 1 aliphatic heterocycles. The predicted molar refractivity (Wildman–Crippen MR) is 73.8 cm³/mol. The van der Waals surface area contributed by atoms with Crippen molar-refractivity contribution in [3.05, 3.63) is 16.6 Å². The third kappa shape index (κ3) is 2.78. The number of nitrogens with one attached hydrogen (secondary N) is 1. The summed E-state index contributed by atoms with van der Waals surface area (Å²) in [5.74, 6) is -0.0837. The van der Waals surface area contributed by atoms with Crippen LogP contribution < -0.4 is 5.32 Å². The average molecular weight is 281 g/mol. The van der Waals surface area contributed by atoms with E-state index in [0.29, 0.717) is 19.4 Å². The van der Waals surface area contributed by atoms with Crippen LogP contribution in [0.25, 0.3) is 0 Å². The molecule has 104 valence electrons. The van der Waals surface area contributed by atoms with Gasteiger partial charge in [0.05, 0.1) is 11.2 Å². The smallest absolute Gasteiger partial charge is 0.248 e. The Hall–Kier alpha value is -1.43. The van der Waals surface area contributed by atoms with Crippen molar-refractivity contribution in [3.8, 4) is 0 Å². The van der Waals surface area contributed by atoms with Crippen molar-refractivity contribution in [1.29, 1.82) is 0 Å². The van der Waals surface area contributed by atoms with E-state index in [9.17, 15) is 9.59 Å². The number of carbonyl (C=O) groups is 2. The van der Waals surface area contributed by atoms with Crippen LogP contribution in [0, 0.1) is 0 Å². The van der Waals surface area contributed by atoms with E-state index >= 15 is 0 Å². The number of carbonyl (C=O) groups excluding carboxylic acids is 2. The Morgan fingerprint density at radius 2 is 2.21 bits per heavy atom. The maximum Gasteiger partial charge on any atom is 0.248 e. The van der Waals surface area contributed by atoms with Crippen LogP contribution in [0.5, 0.6) is 0 Å². The van der Waals surface area contributed by atoms with Crippen molar-refractivity contribution in [3.63, 3.8) is 0 Å². The summed E-state index contributed by atoms with van der Waals surface area (Å²) < 4.78 is 0. The fourth-order valence-electron chi connectivity index (χ4n) is 2.35. The van der Waals surface area contributed by atoms with Gasteiger partial charge in [-0.25, -0.2) is 4.98 Å². The summed E-state index contributed by atoms with van der Waals surface area (Å²) in [7, 11) is 0. The largest absolute Gasteiger partial charge is 0.340 e. The zero-order valence-corrected chi connectivity index (χ0v) is 12.3. The van der Waals surface area contributed by atoms with Crippen LogP contribution in [-0.4, -0.2) is 39.8 Å². The molecular formula is C13H19N3O2S. The lowest BCUT2D eigenvalue weighted by Crippen LogP contribution is -2.68. The van der Waals surface area contributed by atoms with Gasteiger partial charge in [0, 0.05) is 18.3 Å². The van der Waals surface area contributed by atoms with E-state index in [4.69, 9.17) is 0 Å². The first-order valence-corrected chi connectivity index (χ1v) is 7.40.